The lowest BCUT2D eigenvalue weighted by Gasteiger charge is -2.27. The second kappa shape index (κ2) is 10.8. The van der Waals surface area contributed by atoms with E-state index < -0.39 is 17.8 Å². The van der Waals surface area contributed by atoms with E-state index in [4.69, 9.17) is 32.7 Å². The number of urea groups is 1. The van der Waals surface area contributed by atoms with Gasteiger partial charge in [0.1, 0.15) is 12.2 Å². The highest BCUT2D eigenvalue weighted by molar-refractivity contribution is 6.42. The van der Waals surface area contributed by atoms with E-state index in [-0.39, 0.29) is 12.2 Å². The Morgan fingerprint density at radius 3 is 2.42 bits per heavy atom. The van der Waals surface area contributed by atoms with Crippen LogP contribution in [0.25, 0.3) is 6.08 Å². The van der Waals surface area contributed by atoms with Crippen molar-refractivity contribution in [2.24, 2.45) is 0 Å². The fourth-order valence-electron chi connectivity index (χ4n) is 3.65. The molecule has 1 fully saturated rings. The zero-order valence-electron chi connectivity index (χ0n) is 19.5. The van der Waals surface area contributed by atoms with Gasteiger partial charge in [-0.15, -0.1) is 0 Å². The first-order chi connectivity index (χ1) is 17.3. The Hall–Kier alpha value is -3.81. The number of barbiturate groups is 1. The van der Waals surface area contributed by atoms with Gasteiger partial charge in [0, 0.05) is 0 Å². The second-order valence-corrected chi connectivity index (χ2v) is 8.74. The summed E-state index contributed by atoms with van der Waals surface area (Å²) in [6.07, 6.45) is 1.42. The fourth-order valence-corrected chi connectivity index (χ4v) is 3.97. The number of ether oxygens (including phenoxy) is 2. The van der Waals surface area contributed by atoms with Crippen LogP contribution in [0.3, 0.4) is 0 Å². The molecule has 36 heavy (non-hydrogen) atoms. The molecule has 4 rings (SSSR count). The van der Waals surface area contributed by atoms with Gasteiger partial charge in [-0.2, -0.15) is 0 Å². The summed E-state index contributed by atoms with van der Waals surface area (Å²) >= 11 is 12.0. The van der Waals surface area contributed by atoms with E-state index in [1.54, 1.807) is 61.5 Å². The number of hydrogen-bond acceptors (Lipinski definition) is 5. The van der Waals surface area contributed by atoms with Crippen molar-refractivity contribution in [2.75, 3.05) is 11.5 Å². The Bertz CT molecular complexity index is 1390. The second-order valence-electron chi connectivity index (χ2n) is 7.92. The minimum atomic E-state index is -0.794. The fraction of sp³-hybridized carbons (Fsp3) is 0.148. The number of nitrogens with one attached hydrogen (secondary N) is 1. The Morgan fingerprint density at radius 2 is 1.69 bits per heavy atom. The molecule has 0 aromatic heterocycles. The summed E-state index contributed by atoms with van der Waals surface area (Å²) in [5, 5.41) is 3.12. The van der Waals surface area contributed by atoms with Crippen LogP contribution in [0.5, 0.6) is 11.5 Å². The van der Waals surface area contributed by atoms with Crippen LogP contribution in [-0.4, -0.2) is 24.5 Å². The number of rotatable bonds is 7. The molecule has 184 valence electrons. The molecule has 3 aromatic carbocycles. The van der Waals surface area contributed by atoms with Gasteiger partial charge in [0.05, 0.1) is 22.3 Å². The van der Waals surface area contributed by atoms with Gasteiger partial charge in [0.15, 0.2) is 11.5 Å². The number of aryl methyl sites for hydroxylation is 1. The smallest absolute Gasteiger partial charge is 0.335 e. The van der Waals surface area contributed by atoms with Crippen LogP contribution in [0.2, 0.25) is 10.0 Å². The van der Waals surface area contributed by atoms with Gasteiger partial charge in [-0.25, -0.2) is 9.69 Å². The largest absolute Gasteiger partial charge is 0.490 e. The molecule has 0 spiro atoms. The normalized spacial score (nSPS) is 14.7. The summed E-state index contributed by atoms with van der Waals surface area (Å²) in [5.41, 5.74) is 2.29. The number of para-hydroxylation sites is 1. The molecule has 0 radical (unpaired) electrons. The Morgan fingerprint density at radius 1 is 0.917 bits per heavy atom. The van der Waals surface area contributed by atoms with Gasteiger partial charge in [0.25, 0.3) is 11.8 Å². The van der Waals surface area contributed by atoms with Gasteiger partial charge in [-0.3, -0.25) is 14.9 Å². The van der Waals surface area contributed by atoms with Gasteiger partial charge in [-0.1, -0.05) is 53.5 Å². The highest BCUT2D eigenvalue weighted by Gasteiger charge is 2.37. The maximum atomic E-state index is 13.2. The summed E-state index contributed by atoms with van der Waals surface area (Å²) in [6.45, 7) is 4.21. The average Bonchev–Trinajstić information content (AvgIpc) is 2.84. The monoisotopic (exact) mass is 524 g/mol. The first kappa shape index (κ1) is 25.3. The number of nitrogens with zero attached hydrogens (tertiary/aromatic N) is 1. The number of halogens is 2. The van der Waals surface area contributed by atoms with Crippen LogP contribution in [-0.2, 0) is 16.2 Å². The van der Waals surface area contributed by atoms with Gasteiger partial charge < -0.3 is 9.47 Å². The van der Waals surface area contributed by atoms with E-state index in [1.165, 1.54) is 6.08 Å². The summed E-state index contributed by atoms with van der Waals surface area (Å²) < 4.78 is 11.6. The van der Waals surface area contributed by atoms with Crippen LogP contribution in [0.1, 0.15) is 23.6 Å². The first-order valence-electron chi connectivity index (χ1n) is 11.1. The quantitative estimate of drug-likeness (QED) is 0.305. The Balaban J connectivity index is 1.61. The van der Waals surface area contributed by atoms with Crippen LogP contribution < -0.4 is 19.7 Å². The minimum Gasteiger partial charge on any atom is -0.490 e. The van der Waals surface area contributed by atoms with E-state index in [1.807, 2.05) is 13.0 Å². The molecule has 1 aliphatic heterocycles. The van der Waals surface area contributed by atoms with Crippen molar-refractivity contribution in [3.05, 3.63) is 93.0 Å². The van der Waals surface area contributed by atoms with Crippen LogP contribution >= 0.6 is 23.2 Å². The lowest BCUT2D eigenvalue weighted by molar-refractivity contribution is -0.122. The minimum absolute atomic E-state index is 0.176. The molecular weight excluding hydrogens is 503 g/mol. The van der Waals surface area contributed by atoms with E-state index >= 15 is 0 Å². The van der Waals surface area contributed by atoms with Crippen molar-refractivity contribution < 1.29 is 23.9 Å². The predicted octanol–water partition coefficient (Wildman–Crippen LogP) is 5.95. The van der Waals surface area contributed by atoms with E-state index in [0.29, 0.717) is 39.4 Å². The predicted molar refractivity (Wildman–Crippen MR) is 139 cm³/mol. The van der Waals surface area contributed by atoms with Gasteiger partial charge >= 0.3 is 6.03 Å². The molecule has 0 bridgehead atoms. The molecule has 0 aliphatic carbocycles. The number of anilines is 1. The number of carbonyl (C=O) groups is 3. The standard InChI is InChI=1S/C27H22Cl2N2O5/c1-3-35-24-14-17(9-11-23(24)36-15-18-8-10-20(28)21(29)13-18)12-19-25(32)30-27(34)31(26(19)33)22-7-5-4-6-16(22)2/h4-14H,3,15H2,1-2H3,(H,30,32,34)/b19-12+. The molecule has 1 heterocycles. The lowest BCUT2D eigenvalue weighted by atomic mass is 10.1. The molecule has 3 aromatic rings. The zero-order valence-corrected chi connectivity index (χ0v) is 21.0. The van der Waals surface area contributed by atoms with Crippen molar-refractivity contribution in [2.45, 2.75) is 20.5 Å². The SMILES string of the molecule is CCOc1cc(/C=C2\C(=O)NC(=O)N(c3ccccc3C)C2=O)ccc1OCc1ccc(Cl)c(Cl)c1. The molecule has 0 unspecified atom stereocenters. The van der Waals surface area contributed by atoms with Crippen molar-refractivity contribution in [3.8, 4) is 11.5 Å². The van der Waals surface area contributed by atoms with Crippen LogP contribution in [0.15, 0.2) is 66.2 Å². The molecule has 0 atom stereocenters. The number of benzene rings is 3. The molecule has 1 saturated heterocycles. The van der Waals surface area contributed by atoms with Gasteiger partial charge in [0.2, 0.25) is 0 Å². The van der Waals surface area contributed by atoms with Crippen molar-refractivity contribution in [1.29, 1.82) is 0 Å². The van der Waals surface area contributed by atoms with Crippen LogP contribution in [0.4, 0.5) is 10.5 Å². The van der Waals surface area contributed by atoms with E-state index in [9.17, 15) is 14.4 Å². The van der Waals surface area contributed by atoms with Crippen molar-refractivity contribution in [3.63, 3.8) is 0 Å². The summed E-state index contributed by atoms with van der Waals surface area (Å²) in [4.78, 5) is 39.2. The highest BCUT2D eigenvalue weighted by Crippen LogP contribution is 2.32. The number of hydrogen-bond donors (Lipinski definition) is 1. The van der Waals surface area contributed by atoms with Crippen molar-refractivity contribution >= 4 is 52.8 Å². The molecule has 1 N–H and O–H groups in total. The zero-order chi connectivity index (χ0) is 25.8. The lowest BCUT2D eigenvalue weighted by Crippen LogP contribution is -2.54. The number of imide groups is 2. The maximum absolute atomic E-state index is 13.2. The maximum Gasteiger partial charge on any atom is 0.335 e. The molecule has 0 saturated carbocycles. The Kier molecular flexibility index (Phi) is 7.62. The van der Waals surface area contributed by atoms with Crippen LogP contribution in [0, 0.1) is 6.92 Å². The molecule has 1 aliphatic rings. The molecule has 7 nitrogen and oxygen atoms in total. The summed E-state index contributed by atoms with van der Waals surface area (Å²) in [7, 11) is 0. The Labute approximate surface area is 218 Å². The average molecular weight is 525 g/mol. The molecular formula is C27H22Cl2N2O5. The summed E-state index contributed by atoms with van der Waals surface area (Å²) in [6, 6.07) is 16.4. The third kappa shape index (κ3) is 5.37. The third-order valence-corrected chi connectivity index (χ3v) is 6.15. The first-order valence-corrected chi connectivity index (χ1v) is 11.8. The van der Waals surface area contributed by atoms with Crippen molar-refractivity contribution in [1.82, 2.24) is 5.32 Å². The summed E-state index contributed by atoms with van der Waals surface area (Å²) in [5.74, 6) is -0.577. The topological polar surface area (TPSA) is 84.9 Å². The highest BCUT2D eigenvalue weighted by atomic mass is 35.5. The number of amides is 4. The molecule has 4 amide bonds. The third-order valence-electron chi connectivity index (χ3n) is 5.41. The molecule has 9 heteroatoms. The number of carbonyl (C=O) groups excluding carboxylic acids is 3. The van der Waals surface area contributed by atoms with E-state index in [0.717, 1.165) is 16.0 Å². The van der Waals surface area contributed by atoms with E-state index in [2.05, 4.69) is 5.32 Å². The van der Waals surface area contributed by atoms with Gasteiger partial charge in [-0.05, 0) is 66.9 Å².